The molecule has 3 N–H and O–H groups in total. The summed E-state index contributed by atoms with van der Waals surface area (Å²) < 4.78 is 4.84. The minimum Gasteiger partial charge on any atom is -0.504 e. The van der Waals surface area contributed by atoms with Crippen molar-refractivity contribution in [2.24, 2.45) is 0 Å². The Balaban J connectivity index is 3.19. The number of aliphatic hydroxyl groups excluding tert-OH is 1. The highest BCUT2D eigenvalue weighted by Crippen LogP contribution is 2.32. The SMILES string of the molecule is COc1cc(O)c(O)cc1CO. The first kappa shape index (κ1) is 8.67. The van der Waals surface area contributed by atoms with E-state index in [1.54, 1.807) is 0 Å². The Morgan fingerprint density at radius 2 is 1.83 bits per heavy atom. The Morgan fingerprint density at radius 1 is 1.25 bits per heavy atom. The normalized spacial score (nSPS) is 9.83. The highest BCUT2D eigenvalue weighted by Gasteiger charge is 2.07. The van der Waals surface area contributed by atoms with Gasteiger partial charge < -0.3 is 20.1 Å². The van der Waals surface area contributed by atoms with Crippen molar-refractivity contribution in [3.05, 3.63) is 17.7 Å². The van der Waals surface area contributed by atoms with Crippen molar-refractivity contribution in [3.8, 4) is 17.2 Å². The van der Waals surface area contributed by atoms with E-state index in [-0.39, 0.29) is 18.1 Å². The second-order valence-electron chi connectivity index (χ2n) is 2.31. The molecule has 0 aliphatic heterocycles. The minimum absolute atomic E-state index is 0.239. The van der Waals surface area contributed by atoms with E-state index >= 15 is 0 Å². The van der Waals surface area contributed by atoms with Gasteiger partial charge in [-0.2, -0.15) is 0 Å². The predicted octanol–water partition coefficient (Wildman–Crippen LogP) is 0.599. The van der Waals surface area contributed by atoms with Gasteiger partial charge in [-0.3, -0.25) is 0 Å². The number of benzene rings is 1. The molecule has 0 unspecified atom stereocenters. The Kier molecular flexibility index (Phi) is 2.40. The fourth-order valence-corrected chi connectivity index (χ4v) is 0.915. The van der Waals surface area contributed by atoms with Crippen LogP contribution in [0, 0.1) is 0 Å². The molecule has 0 bridgehead atoms. The number of aromatic hydroxyl groups is 2. The molecule has 0 aliphatic carbocycles. The molecule has 0 amide bonds. The molecule has 0 fully saturated rings. The third-order valence-electron chi connectivity index (χ3n) is 1.55. The summed E-state index contributed by atoms with van der Waals surface area (Å²) in [6.07, 6.45) is 0. The summed E-state index contributed by atoms with van der Waals surface area (Å²) >= 11 is 0. The van der Waals surface area contributed by atoms with Crippen LogP contribution in [0.2, 0.25) is 0 Å². The Morgan fingerprint density at radius 3 is 2.33 bits per heavy atom. The van der Waals surface area contributed by atoms with E-state index in [4.69, 9.17) is 20.1 Å². The average molecular weight is 170 g/mol. The number of aliphatic hydroxyl groups is 1. The molecule has 66 valence electrons. The van der Waals surface area contributed by atoms with E-state index in [1.165, 1.54) is 19.2 Å². The van der Waals surface area contributed by atoms with Gasteiger partial charge in [-0.1, -0.05) is 0 Å². The lowest BCUT2D eigenvalue weighted by atomic mass is 10.2. The van der Waals surface area contributed by atoms with E-state index < -0.39 is 0 Å². The highest BCUT2D eigenvalue weighted by molar-refractivity contribution is 5.48. The number of methoxy groups -OCH3 is 1. The second-order valence-corrected chi connectivity index (χ2v) is 2.31. The lowest BCUT2D eigenvalue weighted by Gasteiger charge is -2.07. The van der Waals surface area contributed by atoms with E-state index in [1.807, 2.05) is 0 Å². The Bertz CT molecular complexity index is 254. The largest absolute Gasteiger partial charge is 0.504 e. The molecule has 0 radical (unpaired) electrons. The second kappa shape index (κ2) is 3.32. The summed E-state index contributed by atoms with van der Waals surface area (Å²) in [5.41, 5.74) is 0.438. The molecule has 4 nitrogen and oxygen atoms in total. The zero-order chi connectivity index (χ0) is 9.14. The van der Waals surface area contributed by atoms with Crippen LogP contribution in [0.5, 0.6) is 17.2 Å². The zero-order valence-electron chi connectivity index (χ0n) is 6.61. The van der Waals surface area contributed by atoms with Crippen molar-refractivity contribution in [2.75, 3.05) is 7.11 Å². The summed E-state index contributed by atoms with van der Waals surface area (Å²) in [6.45, 7) is -0.239. The molecule has 0 aromatic heterocycles. The number of phenols is 2. The van der Waals surface area contributed by atoms with E-state index in [0.717, 1.165) is 0 Å². The van der Waals surface area contributed by atoms with Crippen LogP contribution in [-0.2, 0) is 6.61 Å². The Hall–Kier alpha value is -1.42. The van der Waals surface area contributed by atoms with Crippen molar-refractivity contribution in [1.29, 1.82) is 0 Å². The van der Waals surface area contributed by atoms with E-state index in [9.17, 15) is 0 Å². The maximum Gasteiger partial charge on any atom is 0.161 e. The molecule has 0 atom stereocenters. The van der Waals surface area contributed by atoms with Crippen molar-refractivity contribution < 1.29 is 20.1 Å². The van der Waals surface area contributed by atoms with Crippen LogP contribution < -0.4 is 4.74 Å². The maximum absolute atomic E-state index is 9.04. The molecule has 0 spiro atoms. The molecule has 1 aromatic rings. The van der Waals surface area contributed by atoms with Gasteiger partial charge in [0.2, 0.25) is 0 Å². The monoisotopic (exact) mass is 170 g/mol. The van der Waals surface area contributed by atoms with Gasteiger partial charge in [-0.05, 0) is 6.07 Å². The fraction of sp³-hybridized carbons (Fsp3) is 0.250. The number of phenolic OH excluding ortho intramolecular Hbond substituents is 2. The lowest BCUT2D eigenvalue weighted by molar-refractivity contribution is 0.272. The first-order chi connectivity index (χ1) is 5.69. The smallest absolute Gasteiger partial charge is 0.161 e. The quantitative estimate of drug-likeness (QED) is 0.568. The molecular formula is C8H10O4. The van der Waals surface area contributed by atoms with E-state index in [2.05, 4.69) is 0 Å². The number of rotatable bonds is 2. The van der Waals surface area contributed by atoms with Crippen LogP contribution in [0.1, 0.15) is 5.56 Å². The molecule has 12 heavy (non-hydrogen) atoms. The minimum atomic E-state index is -0.264. The van der Waals surface area contributed by atoms with Gasteiger partial charge in [0, 0.05) is 11.6 Å². The summed E-state index contributed by atoms with van der Waals surface area (Å²) in [7, 11) is 1.42. The fourth-order valence-electron chi connectivity index (χ4n) is 0.915. The van der Waals surface area contributed by atoms with Crippen molar-refractivity contribution in [1.82, 2.24) is 0 Å². The Labute approximate surface area is 69.7 Å². The van der Waals surface area contributed by atoms with Gasteiger partial charge in [-0.15, -0.1) is 0 Å². The van der Waals surface area contributed by atoms with Gasteiger partial charge in [-0.25, -0.2) is 0 Å². The van der Waals surface area contributed by atoms with Crippen LogP contribution in [-0.4, -0.2) is 22.4 Å². The van der Waals surface area contributed by atoms with Crippen LogP contribution in [0.15, 0.2) is 12.1 Å². The van der Waals surface area contributed by atoms with Crippen molar-refractivity contribution in [2.45, 2.75) is 6.61 Å². The lowest BCUT2D eigenvalue weighted by Crippen LogP contribution is -1.91. The van der Waals surface area contributed by atoms with Gasteiger partial charge in [0.25, 0.3) is 0 Å². The van der Waals surface area contributed by atoms with Crippen LogP contribution in [0.25, 0.3) is 0 Å². The predicted molar refractivity (Wildman–Crippen MR) is 42.2 cm³/mol. The van der Waals surface area contributed by atoms with Gasteiger partial charge in [0.15, 0.2) is 11.5 Å². The van der Waals surface area contributed by atoms with Crippen LogP contribution in [0.3, 0.4) is 0 Å². The third-order valence-corrected chi connectivity index (χ3v) is 1.55. The average Bonchev–Trinajstić information content (AvgIpc) is 2.09. The first-order valence-corrected chi connectivity index (χ1v) is 3.38. The molecule has 4 heteroatoms. The summed E-state index contributed by atoms with van der Waals surface area (Å²) in [5, 5.41) is 26.9. The summed E-state index contributed by atoms with van der Waals surface area (Å²) in [5.74, 6) is -0.170. The van der Waals surface area contributed by atoms with Gasteiger partial charge in [0.05, 0.1) is 13.7 Å². The topological polar surface area (TPSA) is 69.9 Å². The molecule has 0 aliphatic rings. The van der Waals surface area contributed by atoms with Gasteiger partial charge in [0.1, 0.15) is 5.75 Å². The van der Waals surface area contributed by atoms with Crippen LogP contribution >= 0.6 is 0 Å². The van der Waals surface area contributed by atoms with Crippen LogP contribution in [0.4, 0.5) is 0 Å². The molecule has 0 saturated carbocycles. The van der Waals surface area contributed by atoms with Gasteiger partial charge >= 0.3 is 0 Å². The molecule has 1 rings (SSSR count). The maximum atomic E-state index is 9.04. The molecular weight excluding hydrogens is 160 g/mol. The van der Waals surface area contributed by atoms with E-state index in [0.29, 0.717) is 11.3 Å². The highest BCUT2D eigenvalue weighted by atomic mass is 16.5. The number of hydrogen-bond donors (Lipinski definition) is 3. The number of ether oxygens (including phenoxy) is 1. The van der Waals surface area contributed by atoms with Crippen molar-refractivity contribution in [3.63, 3.8) is 0 Å². The number of hydrogen-bond acceptors (Lipinski definition) is 4. The first-order valence-electron chi connectivity index (χ1n) is 3.38. The molecule has 0 saturated heterocycles. The standard InChI is InChI=1S/C8H10O4/c1-12-8-3-7(11)6(10)2-5(8)4-9/h2-3,9-11H,4H2,1H3. The summed E-state index contributed by atoms with van der Waals surface area (Å²) in [4.78, 5) is 0. The zero-order valence-corrected chi connectivity index (χ0v) is 6.61. The van der Waals surface area contributed by atoms with Crippen molar-refractivity contribution >= 4 is 0 Å². The third kappa shape index (κ3) is 1.43. The summed E-state index contributed by atoms with van der Waals surface area (Å²) in [6, 6.07) is 2.51. The molecule has 1 aromatic carbocycles. The molecule has 0 heterocycles.